The number of amides is 1. The molecule has 6 heteroatoms. The molecule has 1 heterocycles. The first-order chi connectivity index (χ1) is 9.94. The van der Waals surface area contributed by atoms with Gasteiger partial charge in [0.2, 0.25) is 5.91 Å². The number of hydrogen-bond acceptors (Lipinski definition) is 3. The van der Waals surface area contributed by atoms with E-state index in [1.807, 2.05) is 17.0 Å². The summed E-state index contributed by atoms with van der Waals surface area (Å²) in [7, 11) is -2.97. The molecule has 1 unspecified atom stereocenters. The Labute approximate surface area is 130 Å². The monoisotopic (exact) mass is 327 g/mol. The fourth-order valence-electron chi connectivity index (χ4n) is 2.92. The van der Waals surface area contributed by atoms with E-state index in [1.54, 1.807) is 12.1 Å². The van der Waals surface area contributed by atoms with Crippen LogP contribution in [0.3, 0.4) is 0 Å². The van der Waals surface area contributed by atoms with Crippen molar-refractivity contribution in [3.63, 3.8) is 0 Å². The quantitative estimate of drug-likeness (QED) is 0.850. The van der Waals surface area contributed by atoms with Gasteiger partial charge in [-0.1, -0.05) is 23.7 Å². The minimum atomic E-state index is -2.97. The molecule has 0 radical (unpaired) electrons. The summed E-state index contributed by atoms with van der Waals surface area (Å²) in [5, 5.41) is 0.645. The average molecular weight is 328 g/mol. The molecule has 0 aromatic heterocycles. The van der Waals surface area contributed by atoms with Crippen LogP contribution in [0.25, 0.3) is 0 Å². The zero-order valence-electron chi connectivity index (χ0n) is 11.7. The van der Waals surface area contributed by atoms with E-state index >= 15 is 0 Å². The van der Waals surface area contributed by atoms with Crippen molar-refractivity contribution in [2.24, 2.45) is 0 Å². The van der Waals surface area contributed by atoms with Gasteiger partial charge < -0.3 is 4.90 Å². The first-order valence-electron chi connectivity index (χ1n) is 7.21. The van der Waals surface area contributed by atoms with Crippen LogP contribution in [0.4, 0.5) is 0 Å². The molecule has 4 nitrogen and oxygen atoms in total. The molecule has 1 atom stereocenters. The van der Waals surface area contributed by atoms with Gasteiger partial charge in [-0.3, -0.25) is 4.79 Å². The van der Waals surface area contributed by atoms with Crippen LogP contribution in [0, 0.1) is 0 Å². The maximum absolute atomic E-state index is 12.6. The van der Waals surface area contributed by atoms with E-state index in [0.717, 1.165) is 18.4 Å². The van der Waals surface area contributed by atoms with E-state index in [1.165, 1.54) is 0 Å². The van der Waals surface area contributed by atoms with E-state index in [0.29, 0.717) is 17.9 Å². The van der Waals surface area contributed by atoms with E-state index in [-0.39, 0.29) is 29.5 Å². The number of nitrogens with zero attached hydrogens (tertiary/aromatic N) is 1. The molecule has 0 N–H and O–H groups in total. The molecular weight excluding hydrogens is 310 g/mol. The SMILES string of the molecule is O=C(Cc1ccc(Cl)cc1)N(C1CC1)C1CCS(=O)(=O)C1. The van der Waals surface area contributed by atoms with Crippen LogP contribution in [-0.4, -0.2) is 42.8 Å². The summed E-state index contributed by atoms with van der Waals surface area (Å²) in [6, 6.07) is 7.33. The predicted molar refractivity (Wildman–Crippen MR) is 82.1 cm³/mol. The van der Waals surface area contributed by atoms with Crippen molar-refractivity contribution >= 4 is 27.3 Å². The Morgan fingerprint density at radius 3 is 2.33 bits per heavy atom. The lowest BCUT2D eigenvalue weighted by Crippen LogP contribution is -2.43. The van der Waals surface area contributed by atoms with Crippen molar-refractivity contribution in [2.75, 3.05) is 11.5 Å². The number of rotatable bonds is 4. The molecule has 0 bridgehead atoms. The van der Waals surface area contributed by atoms with Gasteiger partial charge >= 0.3 is 0 Å². The third kappa shape index (κ3) is 3.58. The smallest absolute Gasteiger partial charge is 0.227 e. The van der Waals surface area contributed by atoms with Gasteiger partial charge in [0, 0.05) is 17.1 Å². The highest BCUT2D eigenvalue weighted by molar-refractivity contribution is 7.91. The number of carbonyl (C=O) groups is 1. The van der Waals surface area contributed by atoms with Crippen molar-refractivity contribution in [2.45, 2.75) is 37.8 Å². The van der Waals surface area contributed by atoms with Gasteiger partial charge in [0.1, 0.15) is 0 Å². The van der Waals surface area contributed by atoms with Crippen LogP contribution < -0.4 is 0 Å². The van der Waals surface area contributed by atoms with Crippen LogP contribution >= 0.6 is 11.6 Å². The Bertz CT molecular complexity index is 637. The lowest BCUT2D eigenvalue weighted by Gasteiger charge is -2.28. The second-order valence-corrected chi connectivity index (χ2v) is 8.56. The summed E-state index contributed by atoms with van der Waals surface area (Å²) in [5.41, 5.74) is 0.913. The standard InChI is InChI=1S/C15H18ClNO3S/c16-12-3-1-11(2-4-12)9-15(18)17(13-5-6-13)14-7-8-21(19,20)10-14/h1-4,13-14H,5-10H2. The van der Waals surface area contributed by atoms with Crippen LogP contribution in [0.2, 0.25) is 5.02 Å². The predicted octanol–water partition coefficient (Wildman–Crippen LogP) is 2.06. The minimum Gasteiger partial charge on any atom is -0.335 e. The molecule has 1 aliphatic carbocycles. The minimum absolute atomic E-state index is 0.0296. The van der Waals surface area contributed by atoms with E-state index in [4.69, 9.17) is 11.6 Å². The van der Waals surface area contributed by atoms with Gasteiger partial charge in [-0.25, -0.2) is 8.42 Å². The summed E-state index contributed by atoms with van der Waals surface area (Å²) < 4.78 is 23.3. The lowest BCUT2D eigenvalue weighted by atomic mass is 10.1. The van der Waals surface area contributed by atoms with Crippen molar-refractivity contribution in [3.05, 3.63) is 34.9 Å². The highest BCUT2D eigenvalue weighted by Crippen LogP contribution is 2.32. The Hall–Kier alpha value is -1.07. The average Bonchev–Trinajstić information content (AvgIpc) is 3.17. The van der Waals surface area contributed by atoms with Crippen LogP contribution in [0.1, 0.15) is 24.8 Å². The molecule has 0 spiro atoms. The van der Waals surface area contributed by atoms with Crippen molar-refractivity contribution < 1.29 is 13.2 Å². The molecule has 114 valence electrons. The van der Waals surface area contributed by atoms with Gasteiger partial charge in [-0.15, -0.1) is 0 Å². The van der Waals surface area contributed by atoms with Gasteiger partial charge in [0.25, 0.3) is 0 Å². The molecule has 1 aliphatic heterocycles. The highest BCUT2D eigenvalue weighted by Gasteiger charge is 2.41. The van der Waals surface area contributed by atoms with Gasteiger partial charge in [-0.05, 0) is 37.0 Å². The molecule has 2 aliphatic rings. The van der Waals surface area contributed by atoms with Crippen molar-refractivity contribution in [1.29, 1.82) is 0 Å². The molecule has 3 rings (SSSR count). The molecule has 1 aromatic carbocycles. The second kappa shape index (κ2) is 5.61. The summed E-state index contributed by atoms with van der Waals surface area (Å²) in [5.74, 6) is 0.354. The number of carbonyl (C=O) groups excluding carboxylic acids is 1. The third-order valence-corrected chi connectivity index (χ3v) is 6.10. The number of benzene rings is 1. The van der Waals surface area contributed by atoms with Crippen molar-refractivity contribution in [3.8, 4) is 0 Å². The maximum atomic E-state index is 12.6. The maximum Gasteiger partial charge on any atom is 0.227 e. The second-order valence-electron chi connectivity index (χ2n) is 5.89. The normalized spacial score (nSPS) is 24.0. The first kappa shape index (κ1) is 14.9. The van der Waals surface area contributed by atoms with Crippen LogP contribution in [0.15, 0.2) is 24.3 Å². The number of halogens is 1. The van der Waals surface area contributed by atoms with Gasteiger partial charge in [0.15, 0.2) is 9.84 Å². The molecule has 2 fully saturated rings. The van der Waals surface area contributed by atoms with E-state index in [2.05, 4.69) is 0 Å². The fourth-order valence-corrected chi connectivity index (χ4v) is 4.76. The van der Waals surface area contributed by atoms with Gasteiger partial charge in [-0.2, -0.15) is 0 Å². The highest BCUT2D eigenvalue weighted by atomic mass is 35.5. The third-order valence-electron chi connectivity index (χ3n) is 4.10. The zero-order chi connectivity index (χ0) is 15.0. The zero-order valence-corrected chi connectivity index (χ0v) is 13.2. The summed E-state index contributed by atoms with van der Waals surface area (Å²) in [4.78, 5) is 14.4. The van der Waals surface area contributed by atoms with Gasteiger partial charge in [0.05, 0.1) is 17.9 Å². The lowest BCUT2D eigenvalue weighted by molar-refractivity contribution is -0.133. The molecule has 1 saturated heterocycles. The Kier molecular flexibility index (Phi) is 3.97. The Morgan fingerprint density at radius 2 is 1.81 bits per heavy atom. The summed E-state index contributed by atoms with van der Waals surface area (Å²) >= 11 is 5.84. The van der Waals surface area contributed by atoms with E-state index in [9.17, 15) is 13.2 Å². The Balaban J connectivity index is 1.72. The number of sulfone groups is 1. The van der Waals surface area contributed by atoms with Crippen LogP contribution in [0.5, 0.6) is 0 Å². The molecular formula is C15H18ClNO3S. The molecule has 1 aromatic rings. The van der Waals surface area contributed by atoms with E-state index < -0.39 is 9.84 Å². The largest absolute Gasteiger partial charge is 0.335 e. The molecule has 1 saturated carbocycles. The molecule has 21 heavy (non-hydrogen) atoms. The summed E-state index contributed by atoms with van der Waals surface area (Å²) in [6.45, 7) is 0. The van der Waals surface area contributed by atoms with Crippen molar-refractivity contribution in [1.82, 2.24) is 4.90 Å². The molecule has 1 amide bonds. The topological polar surface area (TPSA) is 54.5 Å². The van der Waals surface area contributed by atoms with Crippen LogP contribution in [-0.2, 0) is 21.1 Å². The Morgan fingerprint density at radius 1 is 1.14 bits per heavy atom. The number of hydrogen-bond donors (Lipinski definition) is 0. The fraction of sp³-hybridized carbons (Fsp3) is 0.533. The first-order valence-corrected chi connectivity index (χ1v) is 9.40. The summed E-state index contributed by atoms with van der Waals surface area (Å²) in [6.07, 6.45) is 2.86.